The van der Waals surface area contributed by atoms with Gasteiger partial charge in [0.15, 0.2) is 5.82 Å². The van der Waals surface area contributed by atoms with E-state index in [4.69, 9.17) is 8.94 Å². The van der Waals surface area contributed by atoms with E-state index < -0.39 is 5.54 Å². The molecule has 2 aromatic rings. The lowest BCUT2D eigenvalue weighted by molar-refractivity contribution is -0.124. The highest BCUT2D eigenvalue weighted by atomic mass is 16.5. The van der Waals surface area contributed by atoms with Crippen molar-refractivity contribution < 1.29 is 13.7 Å². The van der Waals surface area contributed by atoms with Crippen LogP contribution in [-0.2, 0) is 15.7 Å². The van der Waals surface area contributed by atoms with Crippen LogP contribution in [-0.4, -0.2) is 16.0 Å². The average Bonchev–Trinajstić information content (AvgIpc) is 2.91. The van der Waals surface area contributed by atoms with Gasteiger partial charge in [-0.3, -0.25) is 4.79 Å². The Kier molecular flexibility index (Phi) is 3.58. The second-order valence-corrected chi connectivity index (χ2v) is 7.75. The first-order valence-electron chi connectivity index (χ1n) is 7.88. The minimum atomic E-state index is -0.680. The predicted molar refractivity (Wildman–Crippen MR) is 83.7 cm³/mol. The van der Waals surface area contributed by atoms with Crippen molar-refractivity contribution in [1.82, 2.24) is 15.5 Å². The van der Waals surface area contributed by atoms with E-state index in [-0.39, 0.29) is 23.2 Å². The summed E-state index contributed by atoms with van der Waals surface area (Å²) < 4.78 is 10.7. The van der Waals surface area contributed by atoms with Crippen molar-refractivity contribution in [2.45, 2.75) is 57.9 Å². The van der Waals surface area contributed by atoms with Crippen LogP contribution in [0.3, 0.4) is 0 Å². The number of rotatable bonds is 4. The van der Waals surface area contributed by atoms with E-state index >= 15 is 0 Å². The molecule has 0 spiro atoms. The van der Waals surface area contributed by atoms with Crippen LogP contribution >= 0.6 is 0 Å². The van der Waals surface area contributed by atoms with Gasteiger partial charge >= 0.3 is 0 Å². The molecule has 124 valence electrons. The molecule has 0 aliphatic heterocycles. The first-order valence-corrected chi connectivity index (χ1v) is 7.88. The maximum atomic E-state index is 12.5. The van der Waals surface area contributed by atoms with Crippen molar-refractivity contribution in [3.63, 3.8) is 0 Å². The molecule has 3 rings (SSSR count). The fourth-order valence-electron chi connectivity index (χ4n) is 2.54. The highest BCUT2D eigenvalue weighted by molar-refractivity contribution is 5.83. The van der Waals surface area contributed by atoms with Crippen LogP contribution in [0, 0.1) is 5.92 Å². The minimum absolute atomic E-state index is 0.00138. The second-order valence-electron chi connectivity index (χ2n) is 7.75. The Labute approximate surface area is 135 Å². The van der Waals surface area contributed by atoms with Gasteiger partial charge in [0.2, 0.25) is 11.8 Å². The Bertz CT molecular complexity index is 695. The zero-order chi connectivity index (χ0) is 16.8. The van der Waals surface area contributed by atoms with Crippen LogP contribution in [0.25, 0.3) is 0 Å². The first kappa shape index (κ1) is 15.8. The van der Waals surface area contributed by atoms with E-state index in [0.717, 1.165) is 12.2 Å². The molecule has 1 aliphatic carbocycles. The van der Waals surface area contributed by atoms with Crippen molar-refractivity contribution in [3.8, 4) is 0 Å². The fourth-order valence-corrected chi connectivity index (χ4v) is 2.54. The molecule has 1 N–H and O–H groups in total. The highest BCUT2D eigenvalue weighted by Gasteiger charge is 2.47. The molecule has 2 heterocycles. The Morgan fingerprint density at radius 1 is 1.30 bits per heavy atom. The number of carbonyl (C=O) groups excluding carboxylic acids is 1. The van der Waals surface area contributed by atoms with E-state index in [0.29, 0.717) is 11.7 Å². The molecular formula is C17H23N3O3. The smallest absolute Gasteiger partial charge is 0.232 e. The predicted octanol–water partition coefficient (Wildman–Crippen LogP) is 3.12. The first-order chi connectivity index (χ1) is 10.7. The van der Waals surface area contributed by atoms with Crippen molar-refractivity contribution in [3.05, 3.63) is 35.9 Å². The summed E-state index contributed by atoms with van der Waals surface area (Å²) in [5.41, 5.74) is -0.896. The Morgan fingerprint density at radius 2 is 2.04 bits per heavy atom. The fraction of sp³-hybridized carbons (Fsp3) is 0.588. The quantitative estimate of drug-likeness (QED) is 0.937. The molecule has 2 atom stereocenters. The molecule has 6 heteroatoms. The highest BCUT2D eigenvalue weighted by Crippen LogP contribution is 2.48. The van der Waals surface area contributed by atoms with E-state index in [9.17, 15) is 4.79 Å². The van der Waals surface area contributed by atoms with E-state index in [1.54, 1.807) is 6.26 Å². The van der Waals surface area contributed by atoms with E-state index in [2.05, 4.69) is 15.5 Å². The van der Waals surface area contributed by atoms with Gasteiger partial charge in [-0.2, -0.15) is 4.98 Å². The number of carbonyl (C=O) groups is 1. The lowest BCUT2D eigenvalue weighted by atomic mass is 9.97. The Morgan fingerprint density at radius 3 is 2.61 bits per heavy atom. The molecule has 23 heavy (non-hydrogen) atoms. The lowest BCUT2D eigenvalue weighted by Crippen LogP contribution is -2.43. The molecule has 0 radical (unpaired) electrons. The van der Waals surface area contributed by atoms with Gasteiger partial charge in [-0.15, -0.1) is 0 Å². The molecule has 0 bridgehead atoms. The Balaban J connectivity index is 1.67. The van der Waals surface area contributed by atoms with Crippen molar-refractivity contribution >= 4 is 5.91 Å². The molecule has 2 unspecified atom stereocenters. The van der Waals surface area contributed by atoms with Crippen LogP contribution in [0.4, 0.5) is 0 Å². The number of furan rings is 1. The second kappa shape index (κ2) is 5.22. The summed E-state index contributed by atoms with van der Waals surface area (Å²) in [6.07, 6.45) is 2.45. The van der Waals surface area contributed by atoms with Crippen molar-refractivity contribution in [1.29, 1.82) is 0 Å². The van der Waals surface area contributed by atoms with Gasteiger partial charge in [0.1, 0.15) is 5.76 Å². The van der Waals surface area contributed by atoms with Crippen molar-refractivity contribution in [2.75, 3.05) is 0 Å². The third-order valence-electron chi connectivity index (χ3n) is 4.10. The summed E-state index contributed by atoms with van der Waals surface area (Å²) in [5, 5.41) is 7.06. The number of nitrogens with one attached hydrogen (secondary N) is 1. The van der Waals surface area contributed by atoms with Gasteiger partial charge in [-0.05, 0) is 32.4 Å². The molecule has 6 nitrogen and oxygen atoms in total. The van der Waals surface area contributed by atoms with Crippen LogP contribution < -0.4 is 5.32 Å². The molecule has 0 saturated heterocycles. The summed E-state index contributed by atoms with van der Waals surface area (Å²) in [6.45, 7) is 9.79. The van der Waals surface area contributed by atoms with Gasteiger partial charge in [0.05, 0.1) is 11.8 Å². The lowest BCUT2D eigenvalue weighted by Gasteiger charge is -2.22. The largest absolute Gasteiger partial charge is 0.469 e. The molecule has 1 amide bonds. The zero-order valence-corrected chi connectivity index (χ0v) is 14.2. The Hall–Kier alpha value is -2.11. The molecular weight excluding hydrogens is 294 g/mol. The number of amides is 1. The normalized spacial score (nSPS) is 21.3. The van der Waals surface area contributed by atoms with E-state index in [1.807, 2.05) is 46.8 Å². The number of aromatic nitrogens is 2. The van der Waals surface area contributed by atoms with Gasteiger partial charge in [0.25, 0.3) is 0 Å². The molecule has 2 aromatic heterocycles. The van der Waals surface area contributed by atoms with Crippen molar-refractivity contribution in [2.24, 2.45) is 5.92 Å². The standard InChI is InChI=1S/C17H23N3O3/c1-16(2,3)15-18-14(20-23-15)17(4,5)19-13(21)11-9-10(11)12-7-6-8-22-12/h6-8,10-11H,9H2,1-5H3,(H,19,21). The third-order valence-corrected chi connectivity index (χ3v) is 4.10. The van der Waals surface area contributed by atoms with E-state index in [1.165, 1.54) is 0 Å². The summed E-state index contributed by atoms with van der Waals surface area (Å²) >= 11 is 0. The van der Waals surface area contributed by atoms with Crippen LogP contribution in [0.5, 0.6) is 0 Å². The summed E-state index contributed by atoms with van der Waals surface area (Å²) in [5.74, 6) is 2.06. The van der Waals surface area contributed by atoms with Crippen LogP contribution in [0.15, 0.2) is 27.3 Å². The van der Waals surface area contributed by atoms with Crippen LogP contribution in [0.1, 0.15) is 64.4 Å². The summed E-state index contributed by atoms with van der Waals surface area (Å²) in [7, 11) is 0. The number of hydrogen-bond acceptors (Lipinski definition) is 5. The summed E-state index contributed by atoms with van der Waals surface area (Å²) in [6, 6.07) is 3.76. The molecule has 1 fully saturated rings. The maximum Gasteiger partial charge on any atom is 0.232 e. The maximum absolute atomic E-state index is 12.5. The summed E-state index contributed by atoms with van der Waals surface area (Å²) in [4.78, 5) is 16.9. The topological polar surface area (TPSA) is 81.2 Å². The number of hydrogen-bond donors (Lipinski definition) is 1. The average molecular weight is 317 g/mol. The van der Waals surface area contributed by atoms with Gasteiger partial charge in [0, 0.05) is 17.3 Å². The van der Waals surface area contributed by atoms with Gasteiger partial charge in [-0.1, -0.05) is 25.9 Å². The SMILES string of the molecule is CC(C)(C)c1nc(C(C)(C)NC(=O)C2CC2c2ccco2)no1. The van der Waals surface area contributed by atoms with Gasteiger partial charge in [-0.25, -0.2) is 0 Å². The molecule has 0 aromatic carbocycles. The zero-order valence-electron chi connectivity index (χ0n) is 14.2. The van der Waals surface area contributed by atoms with Crippen LogP contribution in [0.2, 0.25) is 0 Å². The minimum Gasteiger partial charge on any atom is -0.469 e. The third kappa shape index (κ3) is 3.16. The number of nitrogens with zero attached hydrogens (tertiary/aromatic N) is 2. The monoisotopic (exact) mass is 317 g/mol. The van der Waals surface area contributed by atoms with Gasteiger partial charge < -0.3 is 14.3 Å². The molecule has 1 saturated carbocycles. The molecule has 1 aliphatic rings.